The van der Waals surface area contributed by atoms with Crippen LogP contribution >= 0.6 is 11.3 Å². The van der Waals surface area contributed by atoms with Gasteiger partial charge in [0, 0.05) is 53.3 Å². The second kappa shape index (κ2) is 11.2. The largest absolute Gasteiger partial charge is 0.455 e. The highest BCUT2D eigenvalue weighted by Gasteiger charge is 2.22. The Morgan fingerprint density at radius 3 is 1.84 bits per heavy atom. The summed E-state index contributed by atoms with van der Waals surface area (Å²) in [4.78, 5) is 2.38. The predicted octanol–water partition coefficient (Wildman–Crippen LogP) is 13.9. The fourth-order valence-electron chi connectivity index (χ4n) is 7.42. The zero-order valence-electron chi connectivity index (χ0n) is 26.5. The van der Waals surface area contributed by atoms with Crippen LogP contribution in [-0.4, -0.2) is 0 Å². The molecule has 230 valence electrons. The molecule has 10 rings (SSSR count). The van der Waals surface area contributed by atoms with Crippen LogP contribution in [0.25, 0.3) is 75.1 Å². The molecule has 0 spiro atoms. The summed E-state index contributed by atoms with van der Waals surface area (Å²) in [6, 6.07) is 63.1. The van der Waals surface area contributed by atoms with Gasteiger partial charge in [0.15, 0.2) is 0 Å². The van der Waals surface area contributed by atoms with E-state index in [1.807, 2.05) is 11.3 Å². The van der Waals surface area contributed by atoms with Crippen molar-refractivity contribution in [1.29, 1.82) is 0 Å². The maximum atomic E-state index is 6.60. The van der Waals surface area contributed by atoms with E-state index in [1.165, 1.54) is 53.2 Å². The highest BCUT2D eigenvalue weighted by Crippen LogP contribution is 2.49. The van der Waals surface area contributed by atoms with Gasteiger partial charge in [-0.3, -0.25) is 0 Å². The van der Waals surface area contributed by atoms with Crippen molar-refractivity contribution in [2.75, 3.05) is 4.90 Å². The Morgan fingerprint density at radius 2 is 1.04 bits per heavy atom. The van der Waals surface area contributed by atoms with E-state index in [1.54, 1.807) is 0 Å². The highest BCUT2D eigenvalue weighted by molar-refractivity contribution is 7.26. The molecule has 0 fully saturated rings. The Hall–Kier alpha value is -6.16. The Bertz CT molecular complexity index is 2810. The molecule has 10 aromatic rings. The second-order valence-electron chi connectivity index (χ2n) is 12.5. The molecule has 0 aliphatic heterocycles. The summed E-state index contributed by atoms with van der Waals surface area (Å²) >= 11 is 1.85. The van der Waals surface area contributed by atoms with Crippen LogP contribution in [0, 0.1) is 0 Å². The normalized spacial score (nSPS) is 11.7. The van der Waals surface area contributed by atoms with E-state index in [4.69, 9.17) is 4.42 Å². The molecule has 2 nitrogen and oxygen atoms in total. The quantitative estimate of drug-likeness (QED) is 0.186. The van der Waals surface area contributed by atoms with Gasteiger partial charge in [0.05, 0.1) is 5.69 Å². The molecule has 2 aromatic heterocycles. The van der Waals surface area contributed by atoms with Gasteiger partial charge in [0.1, 0.15) is 11.2 Å². The van der Waals surface area contributed by atoms with Crippen LogP contribution in [-0.2, 0) is 0 Å². The van der Waals surface area contributed by atoms with Crippen LogP contribution in [0.3, 0.4) is 0 Å². The number of rotatable bonds is 5. The number of para-hydroxylation sites is 2. The highest BCUT2D eigenvalue weighted by atomic mass is 32.1. The number of hydrogen-bond acceptors (Lipinski definition) is 3. The number of thiophene rings is 1. The van der Waals surface area contributed by atoms with Crippen LogP contribution < -0.4 is 4.90 Å². The summed E-state index contributed by atoms with van der Waals surface area (Å²) < 4.78 is 9.11. The summed E-state index contributed by atoms with van der Waals surface area (Å²) in [7, 11) is 0. The van der Waals surface area contributed by atoms with Gasteiger partial charge in [0.25, 0.3) is 0 Å². The van der Waals surface area contributed by atoms with Gasteiger partial charge in [-0.25, -0.2) is 0 Å². The fraction of sp³-hybridized carbons (Fsp3) is 0. The van der Waals surface area contributed by atoms with Gasteiger partial charge in [-0.05, 0) is 70.6 Å². The molecule has 0 amide bonds. The summed E-state index contributed by atoms with van der Waals surface area (Å²) in [5.41, 5.74) is 10.1. The number of nitrogens with zero attached hydrogens (tertiary/aromatic N) is 1. The molecular weight excluding hydrogens is 615 g/mol. The SMILES string of the molecule is c1ccc(-c2ccc(N(c3ccccc3)c3ccc(-c4cc5c6ccccc6oc5c5c4sc4ccccc45)c4ccccc34)cc2)cc1. The van der Waals surface area contributed by atoms with Crippen LogP contribution in [0.4, 0.5) is 17.1 Å². The molecule has 0 unspecified atom stereocenters. The van der Waals surface area contributed by atoms with Gasteiger partial charge in [-0.15, -0.1) is 11.3 Å². The molecule has 0 radical (unpaired) electrons. The van der Waals surface area contributed by atoms with E-state index in [0.717, 1.165) is 39.0 Å². The Labute approximate surface area is 287 Å². The summed E-state index contributed by atoms with van der Waals surface area (Å²) in [6.45, 7) is 0. The lowest BCUT2D eigenvalue weighted by Crippen LogP contribution is -2.10. The van der Waals surface area contributed by atoms with Gasteiger partial charge < -0.3 is 9.32 Å². The molecule has 0 N–H and O–H groups in total. The van der Waals surface area contributed by atoms with Crippen molar-refractivity contribution in [3.8, 4) is 22.3 Å². The molecule has 2 heterocycles. The first-order chi connectivity index (χ1) is 24.3. The van der Waals surface area contributed by atoms with Crippen molar-refractivity contribution < 1.29 is 4.42 Å². The third kappa shape index (κ3) is 4.47. The molecule has 0 bridgehead atoms. The lowest BCUT2D eigenvalue weighted by Gasteiger charge is -2.27. The maximum absolute atomic E-state index is 6.60. The molecule has 0 aliphatic rings. The second-order valence-corrected chi connectivity index (χ2v) is 13.5. The van der Waals surface area contributed by atoms with E-state index in [2.05, 4.69) is 181 Å². The molecule has 0 saturated heterocycles. The Kier molecular flexibility index (Phi) is 6.39. The minimum atomic E-state index is 0.920. The number of furan rings is 1. The van der Waals surface area contributed by atoms with E-state index >= 15 is 0 Å². The molecule has 49 heavy (non-hydrogen) atoms. The summed E-state index contributed by atoms with van der Waals surface area (Å²) in [6.07, 6.45) is 0. The number of fused-ring (bicyclic) bond motifs is 8. The summed E-state index contributed by atoms with van der Waals surface area (Å²) in [5, 5.41) is 7.14. The van der Waals surface area contributed by atoms with Crippen LogP contribution in [0.15, 0.2) is 180 Å². The zero-order valence-corrected chi connectivity index (χ0v) is 27.3. The van der Waals surface area contributed by atoms with Crippen molar-refractivity contribution in [2.45, 2.75) is 0 Å². The Morgan fingerprint density at radius 1 is 0.429 bits per heavy atom. The average Bonchev–Trinajstić information content (AvgIpc) is 3.75. The minimum Gasteiger partial charge on any atom is -0.455 e. The maximum Gasteiger partial charge on any atom is 0.144 e. The van der Waals surface area contributed by atoms with Gasteiger partial charge in [-0.1, -0.05) is 127 Å². The lowest BCUT2D eigenvalue weighted by molar-refractivity contribution is 0.673. The van der Waals surface area contributed by atoms with Crippen molar-refractivity contribution in [2.24, 2.45) is 0 Å². The monoisotopic (exact) mass is 643 g/mol. The van der Waals surface area contributed by atoms with Gasteiger partial charge in [-0.2, -0.15) is 0 Å². The van der Waals surface area contributed by atoms with E-state index in [-0.39, 0.29) is 0 Å². The van der Waals surface area contributed by atoms with Crippen molar-refractivity contribution in [3.05, 3.63) is 176 Å². The van der Waals surface area contributed by atoms with Gasteiger partial charge in [0.2, 0.25) is 0 Å². The van der Waals surface area contributed by atoms with E-state index < -0.39 is 0 Å². The summed E-state index contributed by atoms with van der Waals surface area (Å²) in [5.74, 6) is 0. The molecule has 8 aromatic carbocycles. The first-order valence-corrected chi connectivity index (χ1v) is 17.4. The molecule has 0 aliphatic carbocycles. The molecule has 0 saturated carbocycles. The molecule has 0 atom stereocenters. The van der Waals surface area contributed by atoms with Crippen molar-refractivity contribution >= 4 is 81.3 Å². The number of benzene rings is 8. The van der Waals surface area contributed by atoms with E-state index in [0.29, 0.717) is 0 Å². The van der Waals surface area contributed by atoms with Gasteiger partial charge >= 0.3 is 0 Å². The smallest absolute Gasteiger partial charge is 0.144 e. The Balaban J connectivity index is 1.22. The third-order valence-electron chi connectivity index (χ3n) is 9.67. The lowest BCUT2D eigenvalue weighted by atomic mass is 9.93. The van der Waals surface area contributed by atoms with Crippen molar-refractivity contribution in [1.82, 2.24) is 0 Å². The van der Waals surface area contributed by atoms with E-state index in [9.17, 15) is 0 Å². The molecular formula is C46H29NOS. The first kappa shape index (κ1) is 27.9. The van der Waals surface area contributed by atoms with Crippen molar-refractivity contribution in [3.63, 3.8) is 0 Å². The predicted molar refractivity (Wildman–Crippen MR) is 210 cm³/mol. The average molecular weight is 644 g/mol. The van der Waals surface area contributed by atoms with Crippen LogP contribution in [0.1, 0.15) is 0 Å². The fourth-order valence-corrected chi connectivity index (χ4v) is 8.65. The van der Waals surface area contributed by atoms with Crippen LogP contribution in [0.2, 0.25) is 0 Å². The zero-order chi connectivity index (χ0) is 32.3. The number of hydrogen-bond donors (Lipinski definition) is 0. The third-order valence-corrected chi connectivity index (χ3v) is 10.9. The number of anilines is 3. The molecule has 3 heteroatoms. The standard InChI is InChI=1S/C46H29NOS/c1-3-13-30(14-4-1)31-23-25-33(26-24-31)47(32-15-5-2-6-16-32)41-28-27-35(34-17-7-8-18-36(34)41)40-29-39-37-19-9-11-21-42(37)48-45(39)44-38-20-10-12-22-43(38)49-46(40)44/h1-29H. The first-order valence-electron chi connectivity index (χ1n) is 16.6. The van der Waals surface area contributed by atoms with Crippen LogP contribution in [0.5, 0.6) is 0 Å². The minimum absolute atomic E-state index is 0.920. The topological polar surface area (TPSA) is 16.4 Å².